The first-order chi connectivity index (χ1) is 5.26. The van der Waals surface area contributed by atoms with Crippen LogP contribution in [0.1, 0.15) is 25.6 Å². The highest BCUT2D eigenvalue weighted by Crippen LogP contribution is 2.42. The second-order valence-corrected chi connectivity index (χ2v) is 3.40. The van der Waals surface area contributed by atoms with Gasteiger partial charge in [0.15, 0.2) is 5.82 Å². The number of aromatic nitrogens is 4. The molecular formula is C6H9ClN4. The number of hydrogen-bond acceptors (Lipinski definition) is 3. The lowest BCUT2D eigenvalue weighted by atomic mass is 10.3. The van der Waals surface area contributed by atoms with Gasteiger partial charge in [-0.25, -0.2) is 4.68 Å². The van der Waals surface area contributed by atoms with E-state index in [1.165, 1.54) is 0 Å². The van der Waals surface area contributed by atoms with Crippen LogP contribution in [-0.2, 0) is 11.4 Å². The van der Waals surface area contributed by atoms with Gasteiger partial charge >= 0.3 is 0 Å². The summed E-state index contributed by atoms with van der Waals surface area (Å²) in [6.45, 7) is 2.14. The first-order valence-corrected chi connectivity index (χ1v) is 4.13. The van der Waals surface area contributed by atoms with Crippen molar-refractivity contribution in [3.63, 3.8) is 0 Å². The SMILES string of the molecule is CC1(n2nnnc2CCl)CC1. The Kier molecular flexibility index (Phi) is 1.39. The van der Waals surface area contributed by atoms with E-state index in [2.05, 4.69) is 22.4 Å². The molecule has 0 aliphatic heterocycles. The molecule has 4 nitrogen and oxygen atoms in total. The average molecular weight is 173 g/mol. The number of tetrazole rings is 1. The maximum Gasteiger partial charge on any atom is 0.166 e. The van der Waals surface area contributed by atoms with Crippen LogP contribution >= 0.6 is 11.6 Å². The number of nitrogens with zero attached hydrogens (tertiary/aromatic N) is 4. The van der Waals surface area contributed by atoms with E-state index in [9.17, 15) is 0 Å². The minimum Gasteiger partial charge on any atom is -0.223 e. The molecule has 2 rings (SSSR count). The van der Waals surface area contributed by atoms with Crippen molar-refractivity contribution in [1.82, 2.24) is 20.2 Å². The summed E-state index contributed by atoms with van der Waals surface area (Å²) in [6, 6.07) is 0. The van der Waals surface area contributed by atoms with E-state index in [1.807, 2.05) is 4.68 Å². The molecule has 1 aliphatic rings. The van der Waals surface area contributed by atoms with Gasteiger partial charge in [0.25, 0.3) is 0 Å². The zero-order chi connectivity index (χ0) is 7.90. The van der Waals surface area contributed by atoms with Crippen molar-refractivity contribution in [3.8, 4) is 0 Å². The van der Waals surface area contributed by atoms with Crippen molar-refractivity contribution in [2.75, 3.05) is 0 Å². The fraction of sp³-hybridized carbons (Fsp3) is 0.833. The normalized spacial score (nSPS) is 20.2. The molecule has 0 amide bonds. The van der Waals surface area contributed by atoms with Crippen molar-refractivity contribution >= 4 is 11.6 Å². The minimum absolute atomic E-state index is 0.160. The summed E-state index contributed by atoms with van der Waals surface area (Å²) in [5.41, 5.74) is 0.160. The molecule has 0 saturated heterocycles. The summed E-state index contributed by atoms with van der Waals surface area (Å²) in [4.78, 5) is 0. The van der Waals surface area contributed by atoms with Gasteiger partial charge in [-0.05, 0) is 30.2 Å². The molecule has 1 aromatic rings. The molecule has 0 unspecified atom stereocenters. The van der Waals surface area contributed by atoms with Gasteiger partial charge in [-0.2, -0.15) is 0 Å². The van der Waals surface area contributed by atoms with Gasteiger partial charge in [0.2, 0.25) is 0 Å². The lowest BCUT2D eigenvalue weighted by Gasteiger charge is -2.08. The van der Waals surface area contributed by atoms with Crippen molar-refractivity contribution in [2.45, 2.75) is 31.2 Å². The molecule has 5 heteroatoms. The number of rotatable bonds is 2. The van der Waals surface area contributed by atoms with Crippen LogP contribution in [0, 0.1) is 0 Å². The van der Waals surface area contributed by atoms with Gasteiger partial charge in [0, 0.05) is 0 Å². The Hall–Kier alpha value is -0.640. The Morgan fingerprint density at radius 2 is 2.36 bits per heavy atom. The molecule has 0 spiro atoms. The van der Waals surface area contributed by atoms with Crippen LogP contribution in [0.25, 0.3) is 0 Å². The summed E-state index contributed by atoms with van der Waals surface area (Å²) in [6.07, 6.45) is 2.31. The molecule has 1 heterocycles. The third-order valence-electron chi connectivity index (χ3n) is 2.14. The van der Waals surface area contributed by atoms with Crippen LogP contribution in [0.2, 0.25) is 0 Å². The first-order valence-electron chi connectivity index (χ1n) is 3.60. The summed E-state index contributed by atoms with van der Waals surface area (Å²) in [5, 5.41) is 11.3. The fourth-order valence-corrected chi connectivity index (χ4v) is 1.27. The molecular weight excluding hydrogens is 164 g/mol. The zero-order valence-corrected chi connectivity index (χ0v) is 7.04. The predicted molar refractivity (Wildman–Crippen MR) is 40.3 cm³/mol. The molecule has 1 aromatic heterocycles. The maximum absolute atomic E-state index is 5.64. The van der Waals surface area contributed by atoms with Crippen molar-refractivity contribution in [3.05, 3.63) is 5.82 Å². The molecule has 0 N–H and O–H groups in total. The van der Waals surface area contributed by atoms with Gasteiger partial charge in [-0.1, -0.05) is 0 Å². The lowest BCUT2D eigenvalue weighted by Crippen LogP contribution is -2.16. The van der Waals surface area contributed by atoms with Crippen LogP contribution in [0.15, 0.2) is 0 Å². The van der Waals surface area contributed by atoms with Gasteiger partial charge in [0.05, 0.1) is 11.4 Å². The summed E-state index contributed by atoms with van der Waals surface area (Å²) >= 11 is 5.64. The summed E-state index contributed by atoms with van der Waals surface area (Å²) < 4.78 is 1.83. The largest absolute Gasteiger partial charge is 0.223 e. The molecule has 0 bridgehead atoms. The van der Waals surface area contributed by atoms with E-state index in [0.717, 1.165) is 18.7 Å². The van der Waals surface area contributed by atoms with Crippen LogP contribution in [0.4, 0.5) is 0 Å². The molecule has 1 saturated carbocycles. The summed E-state index contributed by atoms with van der Waals surface area (Å²) in [7, 11) is 0. The van der Waals surface area contributed by atoms with Gasteiger partial charge < -0.3 is 0 Å². The van der Waals surface area contributed by atoms with Gasteiger partial charge in [-0.15, -0.1) is 16.7 Å². The predicted octanol–water partition coefficient (Wildman–Crippen LogP) is 0.921. The summed E-state index contributed by atoms with van der Waals surface area (Å²) in [5.74, 6) is 1.16. The lowest BCUT2D eigenvalue weighted by molar-refractivity contribution is 0.446. The highest BCUT2D eigenvalue weighted by Gasteiger charge is 2.42. The Morgan fingerprint density at radius 3 is 2.91 bits per heavy atom. The standard InChI is InChI=1S/C6H9ClN4/c1-6(2-3-6)11-5(4-7)8-9-10-11/h2-4H2,1H3. The first kappa shape index (κ1) is 7.03. The number of alkyl halides is 1. The Labute approximate surface area is 69.5 Å². The Morgan fingerprint density at radius 1 is 1.64 bits per heavy atom. The quantitative estimate of drug-likeness (QED) is 0.624. The molecule has 1 aliphatic carbocycles. The van der Waals surface area contributed by atoms with Crippen LogP contribution in [-0.4, -0.2) is 20.2 Å². The second-order valence-electron chi connectivity index (χ2n) is 3.14. The average Bonchev–Trinajstić information content (AvgIpc) is 2.61. The van der Waals surface area contributed by atoms with Crippen molar-refractivity contribution in [1.29, 1.82) is 0 Å². The van der Waals surface area contributed by atoms with Crippen LogP contribution in [0.3, 0.4) is 0 Å². The Balaban J connectivity index is 2.36. The van der Waals surface area contributed by atoms with E-state index in [0.29, 0.717) is 5.88 Å². The molecule has 1 fully saturated rings. The van der Waals surface area contributed by atoms with E-state index in [1.54, 1.807) is 0 Å². The van der Waals surface area contributed by atoms with E-state index < -0.39 is 0 Å². The van der Waals surface area contributed by atoms with Gasteiger partial charge in [-0.3, -0.25) is 0 Å². The van der Waals surface area contributed by atoms with E-state index in [4.69, 9.17) is 11.6 Å². The smallest absolute Gasteiger partial charge is 0.166 e. The van der Waals surface area contributed by atoms with Crippen LogP contribution < -0.4 is 0 Å². The van der Waals surface area contributed by atoms with E-state index in [-0.39, 0.29) is 5.54 Å². The van der Waals surface area contributed by atoms with E-state index >= 15 is 0 Å². The fourth-order valence-electron chi connectivity index (χ4n) is 1.10. The zero-order valence-electron chi connectivity index (χ0n) is 6.29. The van der Waals surface area contributed by atoms with Crippen molar-refractivity contribution in [2.24, 2.45) is 0 Å². The highest BCUT2D eigenvalue weighted by molar-refractivity contribution is 6.16. The molecule has 0 aromatic carbocycles. The van der Waals surface area contributed by atoms with Crippen molar-refractivity contribution < 1.29 is 0 Å². The third kappa shape index (κ3) is 1.01. The molecule has 0 atom stereocenters. The molecule has 0 radical (unpaired) electrons. The molecule has 11 heavy (non-hydrogen) atoms. The highest BCUT2D eigenvalue weighted by atomic mass is 35.5. The third-order valence-corrected chi connectivity index (χ3v) is 2.38. The minimum atomic E-state index is 0.160. The second kappa shape index (κ2) is 2.17. The van der Waals surface area contributed by atoms with Crippen LogP contribution in [0.5, 0.6) is 0 Å². The number of halogens is 1. The number of hydrogen-bond donors (Lipinski definition) is 0. The topological polar surface area (TPSA) is 43.6 Å². The maximum atomic E-state index is 5.64. The van der Waals surface area contributed by atoms with Gasteiger partial charge in [0.1, 0.15) is 0 Å². The molecule has 60 valence electrons. The Bertz CT molecular complexity index is 265. The monoisotopic (exact) mass is 172 g/mol.